The fraction of sp³-hybridized carbons (Fsp3) is 0.368. The first-order chi connectivity index (χ1) is 11.2. The van der Waals surface area contributed by atoms with Crippen LogP contribution in [0.5, 0.6) is 0 Å². The fourth-order valence-corrected chi connectivity index (χ4v) is 3.53. The maximum Gasteiger partial charge on any atom is 0.267 e. The summed E-state index contributed by atoms with van der Waals surface area (Å²) in [4.78, 5) is 20.2. The normalized spacial score (nSPS) is 21.6. The van der Waals surface area contributed by atoms with Gasteiger partial charge in [-0.3, -0.25) is 9.78 Å². The lowest BCUT2D eigenvalue weighted by atomic mass is 9.87. The van der Waals surface area contributed by atoms with Crippen LogP contribution >= 0.6 is 0 Å². The zero-order valence-corrected chi connectivity index (χ0v) is 13.3. The smallest absolute Gasteiger partial charge is 0.267 e. The molecule has 0 spiro atoms. The Bertz CT molecular complexity index is 859. The summed E-state index contributed by atoms with van der Waals surface area (Å²) in [6.07, 6.45) is 6.35. The predicted octanol–water partition coefficient (Wildman–Crippen LogP) is 4.02. The molecule has 2 N–H and O–H groups in total. The monoisotopic (exact) mass is 307 g/mol. The van der Waals surface area contributed by atoms with Gasteiger partial charge in [-0.05, 0) is 43.7 Å². The van der Waals surface area contributed by atoms with E-state index in [0.717, 1.165) is 40.6 Å². The van der Waals surface area contributed by atoms with Crippen molar-refractivity contribution in [1.82, 2.24) is 15.3 Å². The maximum absolute atomic E-state index is 12.5. The van der Waals surface area contributed by atoms with E-state index in [1.807, 2.05) is 30.3 Å². The first-order valence-corrected chi connectivity index (χ1v) is 8.38. The second-order valence-electron chi connectivity index (χ2n) is 6.72. The highest BCUT2D eigenvalue weighted by molar-refractivity contribution is 6.07. The molecule has 1 saturated carbocycles. The van der Waals surface area contributed by atoms with Crippen molar-refractivity contribution in [1.29, 1.82) is 0 Å². The molecule has 0 unspecified atom stereocenters. The molecule has 4 rings (SSSR count). The molecular weight excluding hydrogens is 286 g/mol. The largest absolute Gasteiger partial charge is 0.349 e. The van der Waals surface area contributed by atoms with E-state index in [2.05, 4.69) is 22.2 Å². The number of aromatic nitrogens is 2. The van der Waals surface area contributed by atoms with Gasteiger partial charge in [0.05, 0.1) is 11.0 Å². The van der Waals surface area contributed by atoms with Crippen molar-refractivity contribution in [3.63, 3.8) is 0 Å². The van der Waals surface area contributed by atoms with Crippen molar-refractivity contribution in [2.45, 2.75) is 38.6 Å². The third-order valence-electron chi connectivity index (χ3n) is 4.96. The second kappa shape index (κ2) is 5.69. The van der Waals surface area contributed by atoms with Crippen LogP contribution in [0.2, 0.25) is 0 Å². The number of carbonyl (C=O) groups excluding carboxylic acids is 1. The first-order valence-electron chi connectivity index (χ1n) is 8.38. The number of hydrogen-bond acceptors (Lipinski definition) is 2. The molecule has 0 radical (unpaired) electrons. The number of fused-ring (bicyclic) bond motifs is 3. The molecule has 1 amide bonds. The van der Waals surface area contributed by atoms with Crippen LogP contribution in [0.4, 0.5) is 0 Å². The fourth-order valence-electron chi connectivity index (χ4n) is 3.53. The average molecular weight is 307 g/mol. The van der Waals surface area contributed by atoms with Crippen LogP contribution in [0.3, 0.4) is 0 Å². The van der Waals surface area contributed by atoms with E-state index in [1.165, 1.54) is 12.8 Å². The molecule has 0 aliphatic heterocycles. The Hall–Kier alpha value is -2.36. The molecule has 0 bridgehead atoms. The van der Waals surface area contributed by atoms with E-state index in [1.54, 1.807) is 6.20 Å². The molecule has 118 valence electrons. The molecule has 1 aliphatic rings. The van der Waals surface area contributed by atoms with Gasteiger partial charge in [0, 0.05) is 23.0 Å². The van der Waals surface area contributed by atoms with E-state index >= 15 is 0 Å². The van der Waals surface area contributed by atoms with Gasteiger partial charge in [-0.25, -0.2) is 0 Å². The highest BCUT2D eigenvalue weighted by Gasteiger charge is 2.21. The van der Waals surface area contributed by atoms with Gasteiger partial charge in [-0.1, -0.05) is 25.1 Å². The Morgan fingerprint density at radius 1 is 1.17 bits per heavy atom. The molecule has 1 fully saturated rings. The van der Waals surface area contributed by atoms with Gasteiger partial charge in [-0.2, -0.15) is 0 Å². The third-order valence-corrected chi connectivity index (χ3v) is 4.96. The summed E-state index contributed by atoms with van der Waals surface area (Å²) in [5.41, 5.74) is 2.47. The van der Waals surface area contributed by atoms with Crippen molar-refractivity contribution in [2.75, 3.05) is 0 Å². The number of H-pyrrole nitrogens is 1. The van der Waals surface area contributed by atoms with Crippen LogP contribution in [0.25, 0.3) is 21.8 Å². The number of amides is 1. The van der Waals surface area contributed by atoms with Crippen molar-refractivity contribution < 1.29 is 4.79 Å². The Labute approximate surface area is 135 Å². The molecular formula is C19H21N3O. The van der Waals surface area contributed by atoms with Crippen LogP contribution < -0.4 is 5.32 Å². The van der Waals surface area contributed by atoms with Crippen LogP contribution in [-0.4, -0.2) is 21.9 Å². The lowest BCUT2D eigenvalue weighted by Crippen LogP contribution is -2.37. The minimum atomic E-state index is -0.00941. The van der Waals surface area contributed by atoms with Crippen molar-refractivity contribution in [3.05, 3.63) is 42.2 Å². The summed E-state index contributed by atoms with van der Waals surface area (Å²) in [5.74, 6) is 0.776. The number of hydrogen-bond donors (Lipinski definition) is 2. The van der Waals surface area contributed by atoms with Gasteiger partial charge in [0.1, 0.15) is 5.69 Å². The van der Waals surface area contributed by atoms with E-state index in [-0.39, 0.29) is 5.91 Å². The van der Waals surface area contributed by atoms with Crippen molar-refractivity contribution >= 4 is 27.7 Å². The van der Waals surface area contributed by atoms with E-state index in [4.69, 9.17) is 0 Å². The zero-order chi connectivity index (χ0) is 15.8. The molecule has 1 aromatic carbocycles. The van der Waals surface area contributed by atoms with Crippen LogP contribution in [0.1, 0.15) is 43.1 Å². The summed E-state index contributed by atoms with van der Waals surface area (Å²) in [6.45, 7) is 2.29. The average Bonchev–Trinajstić information content (AvgIpc) is 3.02. The number of rotatable bonds is 2. The molecule has 4 nitrogen and oxygen atoms in total. The van der Waals surface area contributed by atoms with Gasteiger partial charge in [0.25, 0.3) is 5.91 Å². The summed E-state index contributed by atoms with van der Waals surface area (Å²) >= 11 is 0. The number of nitrogens with zero attached hydrogens (tertiary/aromatic N) is 1. The first kappa shape index (κ1) is 14.2. The van der Waals surface area contributed by atoms with E-state index < -0.39 is 0 Å². The zero-order valence-electron chi connectivity index (χ0n) is 13.3. The van der Waals surface area contributed by atoms with Crippen LogP contribution in [0.15, 0.2) is 36.5 Å². The van der Waals surface area contributed by atoms with Gasteiger partial charge in [0.15, 0.2) is 0 Å². The number of aromatic amines is 1. The molecule has 4 heteroatoms. The number of carbonyl (C=O) groups is 1. The Morgan fingerprint density at radius 2 is 1.96 bits per heavy atom. The molecule has 2 aromatic heterocycles. The Balaban J connectivity index is 1.61. The second-order valence-corrected chi connectivity index (χ2v) is 6.72. The highest BCUT2D eigenvalue weighted by Crippen LogP contribution is 2.25. The third kappa shape index (κ3) is 2.69. The minimum Gasteiger partial charge on any atom is -0.349 e. The summed E-state index contributed by atoms with van der Waals surface area (Å²) in [6, 6.07) is 10.3. The number of pyridine rings is 1. The van der Waals surface area contributed by atoms with Crippen LogP contribution in [0, 0.1) is 5.92 Å². The molecule has 0 saturated heterocycles. The van der Waals surface area contributed by atoms with Crippen molar-refractivity contribution in [3.8, 4) is 0 Å². The lowest BCUT2D eigenvalue weighted by molar-refractivity contribution is 0.0919. The highest BCUT2D eigenvalue weighted by atomic mass is 16.1. The molecule has 3 aromatic rings. The van der Waals surface area contributed by atoms with Crippen molar-refractivity contribution in [2.24, 2.45) is 5.92 Å². The number of nitrogens with one attached hydrogen (secondary N) is 2. The van der Waals surface area contributed by atoms with Gasteiger partial charge in [0.2, 0.25) is 0 Å². The topological polar surface area (TPSA) is 57.8 Å². The SMILES string of the molecule is CC1CCC(NC(=O)c2cc3ccc4cccnc4c3[nH]2)CC1. The maximum atomic E-state index is 12.5. The van der Waals surface area contributed by atoms with E-state index in [0.29, 0.717) is 11.7 Å². The predicted molar refractivity (Wildman–Crippen MR) is 92.5 cm³/mol. The van der Waals surface area contributed by atoms with Gasteiger partial charge < -0.3 is 10.3 Å². The molecule has 23 heavy (non-hydrogen) atoms. The Morgan fingerprint density at radius 3 is 2.78 bits per heavy atom. The summed E-state index contributed by atoms with van der Waals surface area (Å²) < 4.78 is 0. The van der Waals surface area contributed by atoms with Gasteiger partial charge in [-0.15, -0.1) is 0 Å². The quantitative estimate of drug-likeness (QED) is 0.751. The molecule has 0 atom stereocenters. The summed E-state index contributed by atoms with van der Waals surface area (Å²) in [7, 11) is 0. The van der Waals surface area contributed by atoms with Gasteiger partial charge >= 0.3 is 0 Å². The molecule has 1 aliphatic carbocycles. The van der Waals surface area contributed by atoms with E-state index in [9.17, 15) is 4.79 Å². The minimum absolute atomic E-state index is 0.00941. The lowest BCUT2D eigenvalue weighted by Gasteiger charge is -2.26. The number of benzene rings is 1. The molecule has 2 heterocycles. The Kier molecular flexibility index (Phi) is 3.52. The standard InChI is InChI=1S/C19H21N3O/c1-12-4-8-15(9-5-12)21-19(23)16-11-14-7-6-13-3-2-10-20-17(13)18(14)22-16/h2-3,6-7,10-12,15,22H,4-5,8-9H2,1H3,(H,21,23). The van der Waals surface area contributed by atoms with Crippen LogP contribution in [-0.2, 0) is 0 Å². The summed E-state index contributed by atoms with van der Waals surface area (Å²) in [5, 5.41) is 5.28.